The summed E-state index contributed by atoms with van der Waals surface area (Å²) in [5.41, 5.74) is 1.65. The molecular weight excluding hydrogens is 282 g/mol. The fourth-order valence-corrected chi connectivity index (χ4v) is 2.97. The zero-order valence-corrected chi connectivity index (χ0v) is 12.6. The van der Waals surface area contributed by atoms with Crippen molar-refractivity contribution in [3.8, 4) is 0 Å². The van der Waals surface area contributed by atoms with E-state index in [1.807, 2.05) is 7.05 Å². The summed E-state index contributed by atoms with van der Waals surface area (Å²) in [4.78, 5) is 17.2. The first kappa shape index (κ1) is 14.7. The number of nitrogens with zero attached hydrogens (tertiary/aromatic N) is 3. The topological polar surface area (TPSA) is 68.5 Å². The number of pyridine rings is 1. The van der Waals surface area contributed by atoms with E-state index in [0.717, 1.165) is 31.7 Å². The SMILES string of the molecule is CN(CC1CCCCO1)c1ccc([N+](=O)[O-])c2cccnc12. The molecule has 1 aliphatic rings. The first-order chi connectivity index (χ1) is 10.7. The molecule has 0 spiro atoms. The van der Waals surface area contributed by atoms with Crippen molar-refractivity contribution in [2.45, 2.75) is 25.4 Å². The van der Waals surface area contributed by atoms with E-state index < -0.39 is 0 Å². The Morgan fingerprint density at radius 2 is 2.27 bits per heavy atom. The number of benzene rings is 1. The van der Waals surface area contributed by atoms with Crippen molar-refractivity contribution in [2.75, 3.05) is 25.1 Å². The minimum atomic E-state index is -0.363. The summed E-state index contributed by atoms with van der Waals surface area (Å²) in [7, 11) is 1.98. The molecule has 1 aromatic heterocycles. The van der Waals surface area contributed by atoms with Crippen molar-refractivity contribution in [1.82, 2.24) is 4.98 Å². The van der Waals surface area contributed by atoms with Gasteiger partial charge in [0.15, 0.2) is 0 Å². The van der Waals surface area contributed by atoms with Crippen LogP contribution in [0.2, 0.25) is 0 Å². The third-order valence-corrected chi connectivity index (χ3v) is 4.08. The fourth-order valence-electron chi connectivity index (χ4n) is 2.97. The second-order valence-electron chi connectivity index (χ2n) is 5.63. The maximum atomic E-state index is 11.2. The molecule has 0 bridgehead atoms. The first-order valence-corrected chi connectivity index (χ1v) is 7.51. The number of likely N-dealkylation sites (N-methyl/N-ethyl adjacent to an activating group) is 1. The van der Waals surface area contributed by atoms with Crippen LogP contribution in [0.15, 0.2) is 30.5 Å². The Labute approximate surface area is 128 Å². The molecule has 0 saturated carbocycles. The predicted molar refractivity (Wildman–Crippen MR) is 85.3 cm³/mol. The lowest BCUT2D eigenvalue weighted by Gasteiger charge is -2.29. The van der Waals surface area contributed by atoms with Crippen molar-refractivity contribution in [3.05, 3.63) is 40.6 Å². The van der Waals surface area contributed by atoms with Gasteiger partial charge in [-0.15, -0.1) is 0 Å². The third kappa shape index (κ3) is 2.87. The Morgan fingerprint density at radius 1 is 1.41 bits per heavy atom. The van der Waals surface area contributed by atoms with Gasteiger partial charge in [-0.2, -0.15) is 0 Å². The van der Waals surface area contributed by atoms with Gasteiger partial charge in [0.1, 0.15) is 5.52 Å². The van der Waals surface area contributed by atoms with Crippen LogP contribution in [0.1, 0.15) is 19.3 Å². The number of nitro benzene ring substituents is 1. The monoisotopic (exact) mass is 301 g/mol. The molecule has 3 rings (SSSR count). The van der Waals surface area contributed by atoms with Gasteiger partial charge in [-0.3, -0.25) is 15.1 Å². The molecular formula is C16H19N3O3. The van der Waals surface area contributed by atoms with Crippen LogP contribution in [0, 0.1) is 10.1 Å². The first-order valence-electron chi connectivity index (χ1n) is 7.51. The average Bonchev–Trinajstić information content (AvgIpc) is 2.54. The Bertz CT molecular complexity index is 683. The fraction of sp³-hybridized carbons (Fsp3) is 0.438. The summed E-state index contributed by atoms with van der Waals surface area (Å²) in [5.74, 6) is 0. The minimum absolute atomic E-state index is 0.0918. The maximum Gasteiger partial charge on any atom is 0.278 e. The van der Waals surface area contributed by atoms with E-state index in [4.69, 9.17) is 4.74 Å². The standard InChI is InChI=1S/C16H19N3O3/c1-18(11-12-5-2-3-10-22-12)15-8-7-14(19(20)21)13-6-4-9-17-16(13)15/h4,6-9,12H,2-3,5,10-11H2,1H3. The molecule has 1 fully saturated rings. The molecule has 1 saturated heterocycles. The average molecular weight is 301 g/mol. The summed E-state index contributed by atoms with van der Waals surface area (Å²) >= 11 is 0. The molecule has 0 N–H and O–H groups in total. The van der Waals surface area contributed by atoms with E-state index in [1.165, 1.54) is 6.42 Å². The molecule has 1 aliphatic heterocycles. The summed E-state index contributed by atoms with van der Waals surface area (Å²) in [5, 5.41) is 11.7. The molecule has 22 heavy (non-hydrogen) atoms. The van der Waals surface area contributed by atoms with Gasteiger partial charge in [0.05, 0.1) is 22.1 Å². The van der Waals surface area contributed by atoms with E-state index >= 15 is 0 Å². The van der Waals surface area contributed by atoms with E-state index in [1.54, 1.807) is 30.5 Å². The summed E-state index contributed by atoms with van der Waals surface area (Å²) in [6.07, 6.45) is 5.26. The lowest BCUT2D eigenvalue weighted by molar-refractivity contribution is -0.383. The molecule has 6 nitrogen and oxygen atoms in total. The molecule has 1 aromatic carbocycles. The van der Waals surface area contributed by atoms with Gasteiger partial charge in [-0.05, 0) is 37.5 Å². The number of fused-ring (bicyclic) bond motifs is 1. The quantitative estimate of drug-likeness (QED) is 0.641. The molecule has 1 atom stereocenters. The highest BCUT2D eigenvalue weighted by Gasteiger charge is 2.20. The molecule has 0 radical (unpaired) electrons. The molecule has 0 amide bonds. The zero-order valence-electron chi connectivity index (χ0n) is 12.6. The number of non-ortho nitro benzene ring substituents is 1. The largest absolute Gasteiger partial charge is 0.376 e. The van der Waals surface area contributed by atoms with Gasteiger partial charge in [0.25, 0.3) is 5.69 Å². The number of anilines is 1. The van der Waals surface area contributed by atoms with Crippen molar-refractivity contribution < 1.29 is 9.66 Å². The number of hydrogen-bond acceptors (Lipinski definition) is 5. The highest BCUT2D eigenvalue weighted by molar-refractivity contribution is 5.96. The van der Waals surface area contributed by atoms with Crippen LogP contribution >= 0.6 is 0 Å². The molecule has 2 aromatic rings. The van der Waals surface area contributed by atoms with Gasteiger partial charge < -0.3 is 9.64 Å². The van der Waals surface area contributed by atoms with Crippen LogP contribution in [0.3, 0.4) is 0 Å². The van der Waals surface area contributed by atoms with Crippen LogP contribution in [-0.4, -0.2) is 36.2 Å². The van der Waals surface area contributed by atoms with Crippen molar-refractivity contribution in [1.29, 1.82) is 0 Å². The van der Waals surface area contributed by atoms with Crippen molar-refractivity contribution in [2.24, 2.45) is 0 Å². The third-order valence-electron chi connectivity index (χ3n) is 4.08. The Morgan fingerprint density at radius 3 is 3.00 bits per heavy atom. The van der Waals surface area contributed by atoms with Crippen molar-refractivity contribution in [3.63, 3.8) is 0 Å². The lowest BCUT2D eigenvalue weighted by Crippen LogP contribution is -2.33. The van der Waals surface area contributed by atoms with E-state index in [2.05, 4.69) is 9.88 Å². The van der Waals surface area contributed by atoms with Crippen LogP contribution in [0.25, 0.3) is 10.9 Å². The van der Waals surface area contributed by atoms with E-state index in [-0.39, 0.29) is 16.7 Å². The molecule has 116 valence electrons. The number of aromatic nitrogens is 1. The Balaban J connectivity index is 1.93. The van der Waals surface area contributed by atoms with Crippen LogP contribution in [0.4, 0.5) is 11.4 Å². The number of ether oxygens (including phenoxy) is 1. The number of hydrogen-bond donors (Lipinski definition) is 0. The molecule has 0 aliphatic carbocycles. The van der Waals surface area contributed by atoms with Crippen LogP contribution in [-0.2, 0) is 4.74 Å². The highest BCUT2D eigenvalue weighted by Crippen LogP contribution is 2.32. The Hall–Kier alpha value is -2.21. The van der Waals surface area contributed by atoms with E-state index in [9.17, 15) is 10.1 Å². The maximum absolute atomic E-state index is 11.2. The normalized spacial score (nSPS) is 18.3. The zero-order chi connectivity index (χ0) is 15.5. The number of rotatable bonds is 4. The summed E-state index contributed by atoms with van der Waals surface area (Å²) in [6, 6.07) is 6.80. The van der Waals surface area contributed by atoms with Crippen LogP contribution in [0.5, 0.6) is 0 Å². The van der Waals surface area contributed by atoms with Crippen molar-refractivity contribution >= 4 is 22.3 Å². The molecule has 1 unspecified atom stereocenters. The second-order valence-corrected chi connectivity index (χ2v) is 5.63. The van der Waals surface area contributed by atoms with Gasteiger partial charge >= 0.3 is 0 Å². The minimum Gasteiger partial charge on any atom is -0.376 e. The van der Waals surface area contributed by atoms with E-state index in [0.29, 0.717) is 10.9 Å². The smallest absolute Gasteiger partial charge is 0.278 e. The number of nitro groups is 1. The summed E-state index contributed by atoms with van der Waals surface area (Å²) < 4.78 is 5.77. The lowest BCUT2D eigenvalue weighted by atomic mass is 10.1. The Kier molecular flexibility index (Phi) is 4.20. The van der Waals surface area contributed by atoms with Gasteiger partial charge in [-0.1, -0.05) is 0 Å². The van der Waals surface area contributed by atoms with Gasteiger partial charge in [0, 0.05) is 32.5 Å². The van der Waals surface area contributed by atoms with Crippen LogP contribution < -0.4 is 4.90 Å². The predicted octanol–water partition coefficient (Wildman–Crippen LogP) is 3.15. The molecule has 6 heteroatoms. The van der Waals surface area contributed by atoms with Gasteiger partial charge in [-0.25, -0.2) is 0 Å². The van der Waals surface area contributed by atoms with Gasteiger partial charge in [0.2, 0.25) is 0 Å². The highest BCUT2D eigenvalue weighted by atomic mass is 16.6. The summed E-state index contributed by atoms with van der Waals surface area (Å²) in [6.45, 7) is 1.58. The molecule has 2 heterocycles. The second kappa shape index (κ2) is 6.27.